The maximum absolute atomic E-state index is 13.5. The van der Waals surface area contributed by atoms with Gasteiger partial charge in [-0.15, -0.1) is 0 Å². The standard InChI is InChI=1S/C19H18F4N4O2/c1-10-16-14(19(21,22)23)8-15(25-17(16)27(3)26-10)29-11(2)18(28)24-9-12-4-6-13(20)7-5-12/h4-8,11H,9H2,1-3H3,(H,24,28). The van der Waals surface area contributed by atoms with E-state index in [1.165, 1.54) is 49.8 Å². The molecule has 1 atom stereocenters. The largest absolute Gasteiger partial charge is 0.464 e. The van der Waals surface area contributed by atoms with Gasteiger partial charge >= 0.3 is 6.18 Å². The summed E-state index contributed by atoms with van der Waals surface area (Å²) >= 11 is 0. The lowest BCUT2D eigenvalue weighted by molar-refractivity contribution is -0.136. The molecule has 3 aromatic rings. The van der Waals surface area contributed by atoms with Gasteiger partial charge in [-0.2, -0.15) is 23.3 Å². The number of nitrogens with zero attached hydrogens (tertiary/aromatic N) is 3. The highest BCUT2D eigenvalue weighted by Crippen LogP contribution is 2.37. The first-order valence-electron chi connectivity index (χ1n) is 8.66. The zero-order valence-corrected chi connectivity index (χ0v) is 15.8. The van der Waals surface area contributed by atoms with Crippen LogP contribution in [0.15, 0.2) is 30.3 Å². The molecule has 1 aromatic carbocycles. The number of ether oxygens (including phenoxy) is 1. The zero-order chi connectivity index (χ0) is 21.3. The Morgan fingerprint density at radius 1 is 1.28 bits per heavy atom. The lowest BCUT2D eigenvalue weighted by Crippen LogP contribution is -2.36. The molecule has 1 amide bonds. The molecule has 10 heteroatoms. The van der Waals surface area contributed by atoms with E-state index in [-0.39, 0.29) is 29.2 Å². The van der Waals surface area contributed by atoms with Gasteiger partial charge in [-0.3, -0.25) is 9.48 Å². The number of aromatic nitrogens is 3. The van der Waals surface area contributed by atoms with Crippen molar-refractivity contribution in [2.45, 2.75) is 32.7 Å². The molecule has 0 bridgehead atoms. The fraction of sp³-hybridized carbons (Fsp3) is 0.316. The smallest absolute Gasteiger partial charge is 0.417 e. The number of fused-ring (bicyclic) bond motifs is 1. The third kappa shape index (κ3) is 4.47. The summed E-state index contributed by atoms with van der Waals surface area (Å²) < 4.78 is 60.0. The van der Waals surface area contributed by atoms with Crippen LogP contribution in [0.25, 0.3) is 11.0 Å². The molecule has 0 saturated carbocycles. The van der Waals surface area contributed by atoms with Crippen molar-refractivity contribution in [3.63, 3.8) is 0 Å². The first-order valence-corrected chi connectivity index (χ1v) is 8.66. The quantitative estimate of drug-likeness (QED) is 0.654. The van der Waals surface area contributed by atoms with E-state index in [0.29, 0.717) is 5.56 Å². The Balaban J connectivity index is 1.79. The predicted octanol–water partition coefficient (Wildman–Crippen LogP) is 3.52. The Bertz CT molecular complexity index is 1050. The molecule has 1 N–H and O–H groups in total. The SMILES string of the molecule is Cc1nn(C)c2nc(OC(C)C(=O)NCc3ccc(F)cc3)cc(C(F)(F)F)c12. The highest BCUT2D eigenvalue weighted by molar-refractivity contribution is 5.84. The van der Waals surface area contributed by atoms with Crippen LogP contribution >= 0.6 is 0 Å². The van der Waals surface area contributed by atoms with Gasteiger partial charge in [0.15, 0.2) is 11.8 Å². The van der Waals surface area contributed by atoms with Gasteiger partial charge in [0.1, 0.15) is 5.82 Å². The number of benzene rings is 1. The normalized spacial score (nSPS) is 12.8. The number of nitrogens with one attached hydrogen (secondary N) is 1. The second kappa shape index (κ2) is 7.69. The molecular formula is C19H18F4N4O2. The van der Waals surface area contributed by atoms with E-state index in [4.69, 9.17) is 4.74 Å². The molecule has 0 radical (unpaired) electrons. The summed E-state index contributed by atoms with van der Waals surface area (Å²) in [7, 11) is 1.48. The highest BCUT2D eigenvalue weighted by atomic mass is 19.4. The van der Waals surface area contributed by atoms with Gasteiger partial charge in [0, 0.05) is 19.7 Å². The van der Waals surface area contributed by atoms with E-state index in [9.17, 15) is 22.4 Å². The molecule has 1 unspecified atom stereocenters. The molecule has 0 spiro atoms. The lowest BCUT2D eigenvalue weighted by atomic mass is 10.1. The summed E-state index contributed by atoms with van der Waals surface area (Å²) in [6.45, 7) is 2.98. The minimum atomic E-state index is -4.64. The molecule has 0 saturated heterocycles. The highest BCUT2D eigenvalue weighted by Gasteiger charge is 2.36. The molecule has 0 aliphatic carbocycles. The van der Waals surface area contributed by atoms with Crippen molar-refractivity contribution >= 4 is 16.9 Å². The van der Waals surface area contributed by atoms with Gasteiger partial charge in [-0.05, 0) is 31.5 Å². The van der Waals surface area contributed by atoms with Crippen LogP contribution in [0.2, 0.25) is 0 Å². The van der Waals surface area contributed by atoms with Crippen molar-refractivity contribution in [1.29, 1.82) is 0 Å². The van der Waals surface area contributed by atoms with E-state index in [1.54, 1.807) is 0 Å². The number of carbonyl (C=O) groups is 1. The van der Waals surface area contributed by atoms with E-state index in [2.05, 4.69) is 15.4 Å². The first kappa shape index (κ1) is 20.6. The Morgan fingerprint density at radius 2 is 1.93 bits per heavy atom. The second-order valence-corrected chi connectivity index (χ2v) is 6.52. The Kier molecular flexibility index (Phi) is 5.45. The molecule has 2 aromatic heterocycles. The maximum atomic E-state index is 13.5. The van der Waals surface area contributed by atoms with Crippen LogP contribution in [0.1, 0.15) is 23.7 Å². The molecule has 0 aliphatic rings. The van der Waals surface area contributed by atoms with Crippen LogP contribution in [0.3, 0.4) is 0 Å². The van der Waals surface area contributed by atoms with Crippen LogP contribution in [-0.2, 0) is 24.6 Å². The van der Waals surface area contributed by atoms with Crippen LogP contribution in [-0.4, -0.2) is 26.8 Å². The molecule has 154 valence electrons. The molecule has 3 rings (SSSR count). The summed E-state index contributed by atoms with van der Waals surface area (Å²) in [5, 5.41) is 6.45. The topological polar surface area (TPSA) is 69.0 Å². The molecule has 29 heavy (non-hydrogen) atoms. The maximum Gasteiger partial charge on any atom is 0.417 e. The third-order valence-corrected chi connectivity index (χ3v) is 4.30. The van der Waals surface area contributed by atoms with Gasteiger partial charge in [0.05, 0.1) is 16.6 Å². The van der Waals surface area contributed by atoms with Crippen molar-refractivity contribution < 1.29 is 27.1 Å². The van der Waals surface area contributed by atoms with Gasteiger partial charge in [-0.25, -0.2) is 4.39 Å². The number of alkyl halides is 3. The van der Waals surface area contributed by atoms with Crippen molar-refractivity contribution in [2.75, 3.05) is 0 Å². The fourth-order valence-corrected chi connectivity index (χ4v) is 2.88. The molecular weight excluding hydrogens is 392 g/mol. The minimum Gasteiger partial charge on any atom is -0.464 e. The second-order valence-electron chi connectivity index (χ2n) is 6.52. The number of halogens is 4. The lowest BCUT2D eigenvalue weighted by Gasteiger charge is -2.16. The van der Waals surface area contributed by atoms with Crippen LogP contribution < -0.4 is 10.1 Å². The first-order chi connectivity index (χ1) is 13.6. The zero-order valence-electron chi connectivity index (χ0n) is 15.8. The number of rotatable bonds is 5. The summed E-state index contributed by atoms with van der Waals surface area (Å²) in [6, 6.07) is 6.30. The molecule has 2 heterocycles. The van der Waals surface area contributed by atoms with Gasteiger partial charge in [0.2, 0.25) is 5.88 Å². The number of aryl methyl sites for hydroxylation is 2. The minimum absolute atomic E-state index is 0.00578. The van der Waals surface area contributed by atoms with Crippen molar-refractivity contribution in [3.8, 4) is 5.88 Å². The average Bonchev–Trinajstić information content (AvgIpc) is 2.93. The van der Waals surface area contributed by atoms with Crippen LogP contribution in [0, 0.1) is 12.7 Å². The van der Waals surface area contributed by atoms with E-state index in [0.717, 1.165) is 6.07 Å². The number of hydrogen-bond acceptors (Lipinski definition) is 4. The number of pyridine rings is 1. The molecule has 6 nitrogen and oxygen atoms in total. The molecule has 0 aliphatic heterocycles. The fourth-order valence-electron chi connectivity index (χ4n) is 2.88. The average molecular weight is 410 g/mol. The van der Waals surface area contributed by atoms with Crippen LogP contribution in [0.5, 0.6) is 5.88 Å². The summed E-state index contributed by atoms with van der Waals surface area (Å²) in [5.41, 5.74) is -0.0663. The Labute approximate surface area is 163 Å². The Morgan fingerprint density at radius 3 is 2.55 bits per heavy atom. The van der Waals surface area contributed by atoms with Crippen molar-refractivity contribution in [2.24, 2.45) is 7.05 Å². The third-order valence-electron chi connectivity index (χ3n) is 4.30. The summed E-state index contributed by atoms with van der Waals surface area (Å²) in [5.74, 6) is -1.28. The Hall–Kier alpha value is -3.17. The van der Waals surface area contributed by atoms with E-state index in [1.807, 2.05) is 0 Å². The van der Waals surface area contributed by atoms with Crippen molar-refractivity contribution in [3.05, 3.63) is 53.0 Å². The van der Waals surface area contributed by atoms with Gasteiger partial charge in [0.25, 0.3) is 5.91 Å². The summed E-state index contributed by atoms with van der Waals surface area (Å²) in [4.78, 5) is 16.3. The molecule has 0 fully saturated rings. The van der Waals surface area contributed by atoms with Gasteiger partial charge < -0.3 is 10.1 Å². The monoisotopic (exact) mass is 410 g/mol. The van der Waals surface area contributed by atoms with E-state index < -0.39 is 29.6 Å². The summed E-state index contributed by atoms with van der Waals surface area (Å²) in [6.07, 6.45) is -5.74. The van der Waals surface area contributed by atoms with E-state index >= 15 is 0 Å². The number of amides is 1. The number of carbonyl (C=O) groups excluding carboxylic acids is 1. The predicted molar refractivity (Wildman–Crippen MR) is 96.6 cm³/mol. The van der Waals surface area contributed by atoms with Gasteiger partial charge in [-0.1, -0.05) is 12.1 Å². The number of hydrogen-bond donors (Lipinski definition) is 1. The van der Waals surface area contributed by atoms with Crippen molar-refractivity contribution in [1.82, 2.24) is 20.1 Å². The van der Waals surface area contributed by atoms with Crippen LogP contribution in [0.4, 0.5) is 17.6 Å².